The molecule has 0 aliphatic carbocycles. The molecule has 2 amide bonds. The van der Waals surface area contributed by atoms with Gasteiger partial charge in [0, 0.05) is 17.3 Å². The van der Waals surface area contributed by atoms with Gasteiger partial charge in [-0.2, -0.15) is 0 Å². The van der Waals surface area contributed by atoms with Crippen LogP contribution in [0.1, 0.15) is 22.3 Å². The van der Waals surface area contributed by atoms with Crippen LogP contribution in [0.25, 0.3) is 0 Å². The summed E-state index contributed by atoms with van der Waals surface area (Å²) in [7, 11) is 0. The number of nitrogens with one attached hydrogen (secondary N) is 2. The SMILES string of the molecule is Cc1cc(C)c(CNC(=O)Nc2ccc(Cl)cc2)c(C)c1. The van der Waals surface area contributed by atoms with E-state index in [9.17, 15) is 4.79 Å². The maximum absolute atomic E-state index is 11.9. The van der Waals surface area contributed by atoms with Crippen LogP contribution in [-0.4, -0.2) is 6.03 Å². The number of hydrogen-bond donors (Lipinski definition) is 2. The van der Waals surface area contributed by atoms with Gasteiger partial charge in [-0.1, -0.05) is 29.3 Å². The average molecular weight is 303 g/mol. The second-order valence-electron chi connectivity index (χ2n) is 5.19. The average Bonchev–Trinajstić information content (AvgIpc) is 2.40. The van der Waals surface area contributed by atoms with E-state index >= 15 is 0 Å². The molecular formula is C17H19ClN2O. The van der Waals surface area contributed by atoms with E-state index in [1.54, 1.807) is 24.3 Å². The molecule has 2 rings (SSSR count). The van der Waals surface area contributed by atoms with E-state index in [1.165, 1.54) is 16.7 Å². The van der Waals surface area contributed by atoms with E-state index in [4.69, 9.17) is 11.6 Å². The highest BCUT2D eigenvalue weighted by Crippen LogP contribution is 2.16. The first-order chi connectivity index (χ1) is 9.95. The van der Waals surface area contributed by atoms with E-state index in [-0.39, 0.29) is 6.03 Å². The minimum Gasteiger partial charge on any atom is -0.334 e. The zero-order valence-corrected chi connectivity index (χ0v) is 13.2. The smallest absolute Gasteiger partial charge is 0.319 e. The minimum atomic E-state index is -0.225. The topological polar surface area (TPSA) is 41.1 Å². The molecule has 0 bridgehead atoms. The van der Waals surface area contributed by atoms with E-state index in [0.29, 0.717) is 17.3 Å². The summed E-state index contributed by atoms with van der Waals surface area (Å²) >= 11 is 5.81. The zero-order valence-electron chi connectivity index (χ0n) is 12.5. The van der Waals surface area contributed by atoms with E-state index in [0.717, 1.165) is 5.56 Å². The van der Waals surface area contributed by atoms with Crippen molar-refractivity contribution < 1.29 is 4.79 Å². The number of carbonyl (C=O) groups excluding carboxylic acids is 1. The summed E-state index contributed by atoms with van der Waals surface area (Å²) in [4.78, 5) is 11.9. The fourth-order valence-corrected chi connectivity index (χ4v) is 2.49. The quantitative estimate of drug-likeness (QED) is 0.855. The molecule has 0 fully saturated rings. The Morgan fingerprint density at radius 1 is 1.05 bits per heavy atom. The summed E-state index contributed by atoms with van der Waals surface area (Å²) in [6.07, 6.45) is 0. The van der Waals surface area contributed by atoms with Gasteiger partial charge >= 0.3 is 6.03 Å². The van der Waals surface area contributed by atoms with Crippen LogP contribution < -0.4 is 10.6 Å². The Morgan fingerprint density at radius 3 is 2.19 bits per heavy atom. The van der Waals surface area contributed by atoms with Gasteiger partial charge in [-0.25, -0.2) is 4.79 Å². The van der Waals surface area contributed by atoms with Gasteiger partial charge in [0.15, 0.2) is 0 Å². The second kappa shape index (κ2) is 6.64. The number of aryl methyl sites for hydroxylation is 3. The molecule has 0 radical (unpaired) electrons. The van der Waals surface area contributed by atoms with Crippen LogP contribution in [0, 0.1) is 20.8 Å². The van der Waals surface area contributed by atoms with Gasteiger partial charge in [0.25, 0.3) is 0 Å². The molecule has 110 valence electrons. The molecule has 0 atom stereocenters. The zero-order chi connectivity index (χ0) is 15.4. The fraction of sp³-hybridized carbons (Fsp3) is 0.235. The first-order valence-corrected chi connectivity index (χ1v) is 7.20. The number of benzene rings is 2. The third-order valence-corrected chi connectivity index (χ3v) is 3.62. The molecule has 0 aliphatic rings. The summed E-state index contributed by atoms with van der Waals surface area (Å²) in [6, 6.07) is 11.0. The minimum absolute atomic E-state index is 0.225. The van der Waals surface area contributed by atoms with E-state index in [1.807, 2.05) is 0 Å². The van der Waals surface area contributed by atoms with Gasteiger partial charge in [-0.15, -0.1) is 0 Å². The Labute approximate surface area is 130 Å². The molecule has 0 unspecified atom stereocenters. The third-order valence-electron chi connectivity index (χ3n) is 3.37. The molecular weight excluding hydrogens is 284 g/mol. The van der Waals surface area contributed by atoms with Crippen molar-refractivity contribution in [3.63, 3.8) is 0 Å². The van der Waals surface area contributed by atoms with Crippen LogP contribution in [0.2, 0.25) is 5.02 Å². The van der Waals surface area contributed by atoms with Crippen LogP contribution in [0.4, 0.5) is 10.5 Å². The Hall–Kier alpha value is -2.00. The van der Waals surface area contributed by atoms with Crippen LogP contribution in [0.3, 0.4) is 0 Å². The molecule has 3 nitrogen and oxygen atoms in total. The second-order valence-corrected chi connectivity index (χ2v) is 5.63. The first-order valence-electron chi connectivity index (χ1n) is 6.83. The van der Waals surface area contributed by atoms with Gasteiger partial charge in [0.1, 0.15) is 0 Å². The molecule has 0 spiro atoms. The maximum Gasteiger partial charge on any atom is 0.319 e. The molecule has 0 aliphatic heterocycles. The molecule has 2 aromatic carbocycles. The van der Waals surface area contributed by atoms with E-state index < -0.39 is 0 Å². The monoisotopic (exact) mass is 302 g/mol. The number of halogens is 1. The standard InChI is InChI=1S/C17H19ClN2O/c1-11-8-12(2)16(13(3)9-11)10-19-17(21)20-15-6-4-14(18)5-7-15/h4-9H,10H2,1-3H3,(H2,19,20,21). The largest absolute Gasteiger partial charge is 0.334 e. The van der Waals surface area contributed by atoms with Crippen molar-refractivity contribution in [1.29, 1.82) is 0 Å². The molecule has 21 heavy (non-hydrogen) atoms. The predicted molar refractivity (Wildman–Crippen MR) is 88.0 cm³/mol. The lowest BCUT2D eigenvalue weighted by Crippen LogP contribution is -2.28. The highest BCUT2D eigenvalue weighted by Gasteiger charge is 2.06. The van der Waals surface area contributed by atoms with Gasteiger partial charge < -0.3 is 10.6 Å². The molecule has 0 saturated heterocycles. The van der Waals surface area contributed by atoms with Crippen molar-refractivity contribution in [3.8, 4) is 0 Å². The highest BCUT2D eigenvalue weighted by atomic mass is 35.5. The number of amides is 2. The number of anilines is 1. The van der Waals surface area contributed by atoms with Crippen LogP contribution in [0.15, 0.2) is 36.4 Å². The van der Waals surface area contributed by atoms with Gasteiger partial charge in [-0.05, 0) is 61.7 Å². The summed E-state index contributed by atoms with van der Waals surface area (Å²) in [6.45, 7) is 6.71. The predicted octanol–water partition coefficient (Wildman–Crippen LogP) is 4.59. The third kappa shape index (κ3) is 4.23. The number of urea groups is 1. The van der Waals surface area contributed by atoms with Gasteiger partial charge in [-0.3, -0.25) is 0 Å². The normalized spacial score (nSPS) is 10.3. The molecule has 2 aromatic rings. The summed E-state index contributed by atoms with van der Waals surface area (Å²) < 4.78 is 0. The van der Waals surface area contributed by atoms with Crippen molar-refractivity contribution >= 4 is 23.3 Å². The summed E-state index contributed by atoms with van der Waals surface area (Å²) in [5.41, 5.74) is 5.50. The molecule has 0 aromatic heterocycles. The van der Waals surface area contributed by atoms with Crippen LogP contribution in [-0.2, 0) is 6.54 Å². The summed E-state index contributed by atoms with van der Waals surface area (Å²) in [5.74, 6) is 0. The fourth-order valence-electron chi connectivity index (χ4n) is 2.37. The van der Waals surface area contributed by atoms with Gasteiger partial charge in [0.05, 0.1) is 0 Å². The highest BCUT2D eigenvalue weighted by molar-refractivity contribution is 6.30. The lowest BCUT2D eigenvalue weighted by atomic mass is 10.00. The number of hydrogen-bond acceptors (Lipinski definition) is 1. The Morgan fingerprint density at radius 2 is 1.62 bits per heavy atom. The van der Waals surface area contributed by atoms with E-state index in [2.05, 4.69) is 43.5 Å². The first kappa shape index (κ1) is 15.4. The van der Waals surface area contributed by atoms with Crippen molar-refractivity contribution in [2.75, 3.05) is 5.32 Å². The van der Waals surface area contributed by atoms with Crippen molar-refractivity contribution in [1.82, 2.24) is 5.32 Å². The van der Waals surface area contributed by atoms with Crippen molar-refractivity contribution in [2.45, 2.75) is 27.3 Å². The number of carbonyl (C=O) groups is 1. The molecule has 0 saturated carbocycles. The van der Waals surface area contributed by atoms with Crippen LogP contribution >= 0.6 is 11.6 Å². The summed E-state index contributed by atoms with van der Waals surface area (Å²) in [5, 5.41) is 6.31. The lowest BCUT2D eigenvalue weighted by Gasteiger charge is -2.13. The Bertz CT molecular complexity index is 627. The maximum atomic E-state index is 11.9. The number of rotatable bonds is 3. The Balaban J connectivity index is 1.97. The Kier molecular flexibility index (Phi) is 4.86. The van der Waals surface area contributed by atoms with Crippen molar-refractivity contribution in [3.05, 3.63) is 63.7 Å². The van der Waals surface area contributed by atoms with Gasteiger partial charge in [0.2, 0.25) is 0 Å². The molecule has 0 heterocycles. The molecule has 2 N–H and O–H groups in total. The van der Waals surface area contributed by atoms with Crippen LogP contribution in [0.5, 0.6) is 0 Å². The van der Waals surface area contributed by atoms with Crippen molar-refractivity contribution in [2.24, 2.45) is 0 Å². The molecule has 4 heteroatoms. The lowest BCUT2D eigenvalue weighted by molar-refractivity contribution is 0.251.